The zero-order valence-electron chi connectivity index (χ0n) is 12.3. The average Bonchev–Trinajstić information content (AvgIpc) is 2.45. The highest BCUT2D eigenvalue weighted by molar-refractivity contribution is 9.10. The van der Waals surface area contributed by atoms with Gasteiger partial charge in [0, 0.05) is 20.4 Å². The summed E-state index contributed by atoms with van der Waals surface area (Å²) >= 11 is 15.6. The molecule has 0 saturated carbocycles. The van der Waals surface area contributed by atoms with Gasteiger partial charge in [0.05, 0.1) is 12.9 Å². The topological polar surface area (TPSA) is 43.4 Å². The molecule has 124 valence electrons. The van der Waals surface area contributed by atoms with Crippen LogP contribution in [0.25, 0.3) is 0 Å². The highest BCUT2D eigenvalue weighted by Gasteiger charge is 2.18. The van der Waals surface area contributed by atoms with Crippen LogP contribution in [0, 0.1) is 0 Å². The molecule has 0 aliphatic heterocycles. The quantitative estimate of drug-likeness (QED) is 0.593. The Hall–Kier alpha value is -0.590. The van der Waals surface area contributed by atoms with Crippen LogP contribution in [-0.2, 0) is 20.7 Å². The van der Waals surface area contributed by atoms with Crippen LogP contribution in [0.5, 0.6) is 0 Å². The molecule has 3 nitrogen and oxygen atoms in total. The fraction of sp³-hybridized carbons (Fsp3) is 0.250. The number of hydrogen-bond acceptors (Lipinski definition) is 3. The first kappa shape index (κ1) is 18.7. The summed E-state index contributed by atoms with van der Waals surface area (Å²) in [7, 11) is -3.52. The first-order valence-corrected chi connectivity index (χ1v) is 10.1. The van der Waals surface area contributed by atoms with E-state index < -0.39 is 10.1 Å². The molecule has 23 heavy (non-hydrogen) atoms. The van der Waals surface area contributed by atoms with E-state index in [0.29, 0.717) is 16.5 Å². The fourth-order valence-corrected chi connectivity index (χ4v) is 3.44. The second-order valence-corrected chi connectivity index (χ2v) is 8.59. The molecule has 1 unspecified atom stereocenters. The van der Waals surface area contributed by atoms with Crippen molar-refractivity contribution in [3.8, 4) is 0 Å². The summed E-state index contributed by atoms with van der Waals surface area (Å²) in [5.74, 6) is -0.198. The molecule has 2 aromatic rings. The molecule has 1 atom stereocenters. The maximum atomic E-state index is 11.3. The van der Waals surface area contributed by atoms with Crippen molar-refractivity contribution < 1.29 is 12.6 Å². The van der Waals surface area contributed by atoms with E-state index in [1.165, 1.54) is 0 Å². The van der Waals surface area contributed by atoms with Gasteiger partial charge in [0.25, 0.3) is 10.1 Å². The van der Waals surface area contributed by atoms with Crippen molar-refractivity contribution in [2.45, 2.75) is 12.3 Å². The number of benzene rings is 2. The smallest absolute Gasteiger partial charge is 0.264 e. The normalized spacial score (nSPS) is 13.0. The van der Waals surface area contributed by atoms with Gasteiger partial charge in [0.2, 0.25) is 0 Å². The minimum Gasteiger partial charge on any atom is -0.270 e. The van der Waals surface area contributed by atoms with Crippen LogP contribution in [0.1, 0.15) is 17.0 Å². The zero-order chi connectivity index (χ0) is 17.0. The summed E-state index contributed by atoms with van der Waals surface area (Å²) in [6.07, 6.45) is 1.64. The molecule has 0 bridgehead atoms. The Bertz CT molecular complexity index is 776. The maximum Gasteiger partial charge on any atom is 0.264 e. The standard InChI is InChI=1S/C16H15BrCl2O3S/c1-23(20,21)22-10-12(8-11-2-4-13(17)5-3-11)15-7-6-14(18)9-16(15)19/h2-7,9,12H,8,10H2,1H3. The average molecular weight is 438 g/mol. The lowest BCUT2D eigenvalue weighted by molar-refractivity contribution is 0.293. The monoisotopic (exact) mass is 436 g/mol. The second-order valence-electron chi connectivity index (χ2n) is 5.18. The molecule has 0 aliphatic rings. The van der Waals surface area contributed by atoms with Crippen molar-refractivity contribution in [3.63, 3.8) is 0 Å². The first-order chi connectivity index (χ1) is 10.7. The van der Waals surface area contributed by atoms with Crippen molar-refractivity contribution in [1.29, 1.82) is 0 Å². The van der Waals surface area contributed by atoms with Crippen LogP contribution >= 0.6 is 39.1 Å². The molecule has 0 saturated heterocycles. The van der Waals surface area contributed by atoms with Gasteiger partial charge in [-0.1, -0.05) is 57.3 Å². The van der Waals surface area contributed by atoms with Gasteiger partial charge in [-0.15, -0.1) is 0 Å². The molecule has 0 heterocycles. The number of halogens is 3. The van der Waals surface area contributed by atoms with Gasteiger partial charge in [0.15, 0.2) is 0 Å². The summed E-state index contributed by atoms with van der Waals surface area (Å²) in [4.78, 5) is 0. The lowest BCUT2D eigenvalue weighted by Crippen LogP contribution is -2.15. The fourth-order valence-electron chi connectivity index (χ4n) is 2.20. The van der Waals surface area contributed by atoms with Gasteiger partial charge in [-0.25, -0.2) is 0 Å². The summed E-state index contributed by atoms with van der Waals surface area (Å²) in [5, 5.41) is 1.03. The van der Waals surface area contributed by atoms with Gasteiger partial charge >= 0.3 is 0 Å². The van der Waals surface area contributed by atoms with Gasteiger partial charge < -0.3 is 0 Å². The van der Waals surface area contributed by atoms with E-state index in [1.54, 1.807) is 18.2 Å². The van der Waals surface area contributed by atoms with Crippen LogP contribution in [-0.4, -0.2) is 21.3 Å². The number of rotatable bonds is 6. The molecule has 0 spiro atoms. The maximum absolute atomic E-state index is 11.3. The molecular weight excluding hydrogens is 423 g/mol. The van der Waals surface area contributed by atoms with E-state index in [-0.39, 0.29) is 12.5 Å². The van der Waals surface area contributed by atoms with Crippen LogP contribution < -0.4 is 0 Å². The molecule has 0 N–H and O–H groups in total. The van der Waals surface area contributed by atoms with E-state index in [9.17, 15) is 8.42 Å². The highest BCUT2D eigenvalue weighted by Crippen LogP contribution is 2.31. The first-order valence-electron chi connectivity index (χ1n) is 6.78. The molecular formula is C16H15BrCl2O3S. The summed E-state index contributed by atoms with van der Waals surface area (Å²) in [5.41, 5.74) is 1.86. The molecule has 2 aromatic carbocycles. The molecule has 0 aliphatic carbocycles. The summed E-state index contributed by atoms with van der Waals surface area (Å²) in [6.45, 7) is 0.0241. The Labute approximate surface area is 154 Å². The Morgan fingerprint density at radius 3 is 2.35 bits per heavy atom. The Morgan fingerprint density at radius 1 is 1.13 bits per heavy atom. The van der Waals surface area contributed by atoms with Crippen molar-refractivity contribution in [3.05, 3.63) is 68.1 Å². The van der Waals surface area contributed by atoms with Crippen LogP contribution in [0.2, 0.25) is 10.0 Å². The van der Waals surface area contributed by atoms with Crippen molar-refractivity contribution >= 4 is 49.2 Å². The third kappa shape index (κ3) is 6.08. The van der Waals surface area contributed by atoms with E-state index in [4.69, 9.17) is 27.4 Å². The minimum absolute atomic E-state index is 0.0241. The minimum atomic E-state index is -3.52. The van der Waals surface area contributed by atoms with Crippen molar-refractivity contribution in [2.24, 2.45) is 0 Å². The molecule has 0 aromatic heterocycles. The molecule has 2 rings (SSSR count). The van der Waals surface area contributed by atoms with E-state index in [1.807, 2.05) is 24.3 Å². The van der Waals surface area contributed by atoms with Gasteiger partial charge in [0.1, 0.15) is 0 Å². The summed E-state index contributed by atoms with van der Waals surface area (Å²) < 4.78 is 28.6. The third-order valence-electron chi connectivity index (χ3n) is 3.28. The van der Waals surface area contributed by atoms with Gasteiger partial charge in [-0.05, 0) is 41.8 Å². The van der Waals surface area contributed by atoms with Gasteiger partial charge in [-0.2, -0.15) is 8.42 Å². The van der Waals surface area contributed by atoms with Crippen molar-refractivity contribution in [1.82, 2.24) is 0 Å². The van der Waals surface area contributed by atoms with E-state index in [0.717, 1.165) is 21.9 Å². The second kappa shape index (κ2) is 7.99. The molecule has 0 radical (unpaired) electrons. The largest absolute Gasteiger partial charge is 0.270 e. The van der Waals surface area contributed by atoms with Crippen LogP contribution in [0.3, 0.4) is 0 Å². The third-order valence-corrected chi connectivity index (χ3v) is 4.94. The zero-order valence-corrected chi connectivity index (χ0v) is 16.2. The van der Waals surface area contributed by atoms with E-state index in [2.05, 4.69) is 15.9 Å². The van der Waals surface area contributed by atoms with E-state index >= 15 is 0 Å². The number of hydrogen-bond donors (Lipinski definition) is 0. The summed E-state index contributed by atoms with van der Waals surface area (Å²) in [6, 6.07) is 13.0. The lowest BCUT2D eigenvalue weighted by atomic mass is 9.93. The predicted octanol–water partition coefficient (Wildman–Crippen LogP) is 5.06. The lowest BCUT2D eigenvalue weighted by Gasteiger charge is -2.18. The highest BCUT2D eigenvalue weighted by atomic mass is 79.9. The van der Waals surface area contributed by atoms with Crippen LogP contribution in [0.15, 0.2) is 46.9 Å². The molecule has 0 fully saturated rings. The Balaban J connectivity index is 2.28. The van der Waals surface area contributed by atoms with Gasteiger partial charge in [-0.3, -0.25) is 4.18 Å². The Morgan fingerprint density at radius 2 is 1.78 bits per heavy atom. The molecule has 0 amide bonds. The predicted molar refractivity (Wildman–Crippen MR) is 97.8 cm³/mol. The Kier molecular flexibility index (Phi) is 6.51. The van der Waals surface area contributed by atoms with Crippen molar-refractivity contribution in [2.75, 3.05) is 12.9 Å². The molecule has 7 heteroatoms. The van der Waals surface area contributed by atoms with Crippen LogP contribution in [0.4, 0.5) is 0 Å². The SMILES string of the molecule is CS(=O)(=O)OCC(Cc1ccc(Br)cc1)c1ccc(Cl)cc1Cl.